The third-order valence-electron chi connectivity index (χ3n) is 5.68. The Hall–Kier alpha value is -0.568. The summed E-state index contributed by atoms with van der Waals surface area (Å²) in [4.78, 5) is 0. The number of hydrogen-bond donors (Lipinski definition) is 0. The van der Waals surface area contributed by atoms with E-state index in [0.29, 0.717) is 0 Å². The van der Waals surface area contributed by atoms with Gasteiger partial charge in [-0.05, 0) is 0 Å². The van der Waals surface area contributed by atoms with Crippen molar-refractivity contribution in [3.63, 3.8) is 0 Å². The first-order chi connectivity index (χ1) is 10.4. The Morgan fingerprint density at radius 1 is 0.636 bits per heavy atom. The molecular formula is C19H28AsSi2+. The van der Waals surface area contributed by atoms with Crippen molar-refractivity contribution >= 4 is 34.0 Å². The Bertz CT molecular complexity index is 577. The molecule has 0 radical (unpaired) electrons. The second kappa shape index (κ2) is 5.81. The van der Waals surface area contributed by atoms with Crippen LogP contribution in [0.3, 0.4) is 0 Å². The summed E-state index contributed by atoms with van der Waals surface area (Å²) in [6.07, 6.45) is 1.49. The summed E-state index contributed by atoms with van der Waals surface area (Å²) < 4.78 is 3.53. The minimum atomic E-state index is -2.07. The predicted molar refractivity (Wildman–Crippen MR) is 107 cm³/mol. The van der Waals surface area contributed by atoms with Crippen LogP contribution in [0.4, 0.5) is 0 Å². The Labute approximate surface area is 139 Å². The third kappa shape index (κ3) is 2.31. The fraction of sp³-hybridized carbons (Fsp3) is 0.368. The maximum atomic E-state index is 2.72. The average Bonchev–Trinajstić information content (AvgIpc) is 2.48. The third-order valence-corrected chi connectivity index (χ3v) is 66.9. The predicted octanol–water partition coefficient (Wildman–Crippen LogP) is 4.23. The molecule has 2 aromatic carbocycles. The van der Waals surface area contributed by atoms with Gasteiger partial charge in [0.1, 0.15) is 0 Å². The monoisotopic (exact) mass is 387 g/mol. The van der Waals surface area contributed by atoms with Gasteiger partial charge in [0.25, 0.3) is 0 Å². The Balaban J connectivity index is 2.36. The molecule has 0 atom stereocenters. The van der Waals surface area contributed by atoms with Gasteiger partial charge in [0, 0.05) is 0 Å². The molecule has 0 aromatic heterocycles. The van der Waals surface area contributed by atoms with Crippen LogP contribution >= 0.6 is 0 Å². The van der Waals surface area contributed by atoms with E-state index in [4.69, 9.17) is 0 Å². The molecule has 22 heavy (non-hydrogen) atoms. The molecule has 0 N–H and O–H groups in total. The van der Waals surface area contributed by atoms with Gasteiger partial charge >= 0.3 is 139 Å². The molecular weight excluding hydrogens is 359 g/mol. The minimum absolute atomic E-state index is 1.25. The van der Waals surface area contributed by atoms with E-state index in [0.717, 1.165) is 0 Å². The second-order valence-corrected chi connectivity index (χ2v) is 45.6. The summed E-state index contributed by atoms with van der Waals surface area (Å²) in [6.45, 7) is 8.36. The number of hydrogen-bond acceptors (Lipinski definition) is 0. The normalized spacial score (nSPS) is 22.2. The van der Waals surface area contributed by atoms with Crippen molar-refractivity contribution in [2.45, 2.75) is 44.7 Å². The molecule has 3 rings (SSSR count). The first kappa shape index (κ1) is 16.3. The van der Waals surface area contributed by atoms with E-state index in [1.165, 1.54) is 18.5 Å². The molecule has 2 aromatic rings. The van der Waals surface area contributed by atoms with E-state index < -0.39 is 25.3 Å². The molecule has 0 saturated carbocycles. The van der Waals surface area contributed by atoms with Crippen molar-refractivity contribution in [3.8, 4) is 0 Å². The van der Waals surface area contributed by atoms with Gasteiger partial charge in [-0.25, -0.2) is 0 Å². The van der Waals surface area contributed by atoms with Gasteiger partial charge in [-0.2, -0.15) is 0 Å². The van der Waals surface area contributed by atoms with Gasteiger partial charge in [-0.3, -0.25) is 0 Å². The molecule has 0 aliphatic carbocycles. The van der Waals surface area contributed by atoms with Crippen LogP contribution in [0.5, 0.6) is 0 Å². The van der Waals surface area contributed by atoms with Gasteiger partial charge < -0.3 is 0 Å². The Morgan fingerprint density at radius 2 is 1.00 bits per heavy atom. The molecule has 1 heterocycles. The van der Waals surface area contributed by atoms with Gasteiger partial charge in [0.2, 0.25) is 0 Å². The zero-order valence-electron chi connectivity index (χ0n) is 14.3. The molecule has 1 aliphatic rings. The molecule has 0 bridgehead atoms. The summed E-state index contributed by atoms with van der Waals surface area (Å²) in [5, 5.41) is 0. The van der Waals surface area contributed by atoms with Crippen molar-refractivity contribution in [3.05, 3.63) is 60.7 Å². The molecule has 116 valence electrons. The van der Waals surface area contributed by atoms with E-state index in [1.54, 1.807) is 8.70 Å². The fourth-order valence-electron chi connectivity index (χ4n) is 4.96. The topological polar surface area (TPSA) is 0 Å². The SMILES string of the molecule is C[Si]1(C)CCC[Si](C)(C)[As+]1(c1ccccc1)c1ccccc1. The first-order valence-corrected chi connectivity index (χ1v) is 22.2. The van der Waals surface area contributed by atoms with Crippen LogP contribution in [0.25, 0.3) is 0 Å². The first-order valence-electron chi connectivity index (χ1n) is 8.42. The molecule has 0 spiro atoms. The van der Waals surface area contributed by atoms with Crippen LogP contribution in [0, 0.1) is 0 Å². The van der Waals surface area contributed by atoms with Crippen molar-refractivity contribution in [2.24, 2.45) is 0 Å². The molecule has 3 heteroatoms. The molecule has 1 saturated heterocycles. The van der Waals surface area contributed by atoms with Crippen molar-refractivity contribution < 1.29 is 0 Å². The van der Waals surface area contributed by atoms with Crippen LogP contribution in [0.15, 0.2) is 60.7 Å². The zero-order valence-corrected chi connectivity index (χ0v) is 18.2. The summed E-state index contributed by atoms with van der Waals surface area (Å²) in [6, 6.07) is 26.5. The quantitative estimate of drug-likeness (QED) is 0.677. The average molecular weight is 388 g/mol. The standard InChI is InChI=1S/C19H28AsSi2/c1-21(2)16-11-17-22(3,4)20(21,18-12-7-5-8-13-18)19-14-9-6-10-15-19/h5-10,12-15H,11,16-17H2,1-4H3/q+1. The molecule has 0 unspecified atom stereocenters. The van der Waals surface area contributed by atoms with Crippen molar-refractivity contribution in [1.29, 1.82) is 0 Å². The molecule has 0 nitrogen and oxygen atoms in total. The second-order valence-electron chi connectivity index (χ2n) is 7.82. The van der Waals surface area contributed by atoms with Crippen LogP contribution in [0.2, 0.25) is 38.3 Å². The van der Waals surface area contributed by atoms with Crippen LogP contribution in [-0.4, -0.2) is 25.3 Å². The van der Waals surface area contributed by atoms with Crippen LogP contribution < -0.4 is 8.70 Å². The van der Waals surface area contributed by atoms with E-state index in [-0.39, 0.29) is 0 Å². The fourth-order valence-corrected chi connectivity index (χ4v) is 82.0. The van der Waals surface area contributed by atoms with Crippen molar-refractivity contribution in [1.82, 2.24) is 0 Å². The van der Waals surface area contributed by atoms with Crippen molar-refractivity contribution in [2.75, 3.05) is 0 Å². The summed E-state index contributed by atoms with van der Waals surface area (Å²) >= 11 is -2.07. The Morgan fingerprint density at radius 3 is 1.36 bits per heavy atom. The zero-order chi connectivity index (χ0) is 15.8. The van der Waals surface area contributed by atoms with E-state index in [1.807, 2.05) is 0 Å². The van der Waals surface area contributed by atoms with E-state index in [9.17, 15) is 0 Å². The van der Waals surface area contributed by atoms with Crippen LogP contribution in [-0.2, 0) is 0 Å². The number of rotatable bonds is 2. The van der Waals surface area contributed by atoms with Crippen LogP contribution in [0.1, 0.15) is 6.42 Å². The molecule has 1 fully saturated rings. The molecule has 0 amide bonds. The van der Waals surface area contributed by atoms with E-state index in [2.05, 4.69) is 86.9 Å². The van der Waals surface area contributed by atoms with E-state index >= 15 is 0 Å². The van der Waals surface area contributed by atoms with Gasteiger partial charge in [0.05, 0.1) is 0 Å². The van der Waals surface area contributed by atoms with Gasteiger partial charge in [-0.1, -0.05) is 0 Å². The summed E-state index contributed by atoms with van der Waals surface area (Å²) in [5.41, 5.74) is 0. The molecule has 1 aliphatic heterocycles. The van der Waals surface area contributed by atoms with Gasteiger partial charge in [0.15, 0.2) is 0 Å². The maximum absolute atomic E-state index is 2.72. The van der Waals surface area contributed by atoms with Gasteiger partial charge in [-0.15, -0.1) is 0 Å². The summed E-state index contributed by atoms with van der Waals surface area (Å²) in [5.74, 6) is 0. The summed E-state index contributed by atoms with van der Waals surface area (Å²) in [7, 11) is 0. The Kier molecular flexibility index (Phi) is 4.31. The number of benzene rings is 2.